The second-order valence-electron chi connectivity index (χ2n) is 9.69. The van der Waals surface area contributed by atoms with Gasteiger partial charge in [0.25, 0.3) is 0 Å². The van der Waals surface area contributed by atoms with Gasteiger partial charge in [-0.2, -0.15) is 0 Å². The van der Waals surface area contributed by atoms with Crippen molar-refractivity contribution in [3.05, 3.63) is 118 Å². The van der Waals surface area contributed by atoms with Crippen LogP contribution in [0, 0.1) is 29.1 Å². The second kappa shape index (κ2) is 9.03. The number of aromatic nitrogens is 4. The van der Waals surface area contributed by atoms with Gasteiger partial charge in [-0.25, -0.2) is 31.9 Å². The zero-order valence-electron chi connectivity index (χ0n) is 21.4. The number of aryl methyl sites for hydroxylation is 1. The molecular weight excluding hydrogens is 555 g/mol. The normalized spacial score (nSPS) is 13.0. The third-order valence-corrected chi connectivity index (χ3v) is 7.29. The van der Waals surface area contributed by atoms with Gasteiger partial charge in [0.1, 0.15) is 11.6 Å². The number of rotatable bonds is 3. The van der Waals surface area contributed by atoms with E-state index in [2.05, 4.69) is 9.97 Å². The molecule has 0 saturated heterocycles. The summed E-state index contributed by atoms with van der Waals surface area (Å²) in [6, 6.07) is 19.1. The smallest absolute Gasteiger partial charge is 0.200 e. The molecule has 0 aliphatic heterocycles. The van der Waals surface area contributed by atoms with Crippen LogP contribution in [0.2, 0.25) is 0 Å². The number of hydrogen-bond acceptors (Lipinski definition) is 4. The summed E-state index contributed by atoms with van der Waals surface area (Å²) >= 11 is 0. The van der Waals surface area contributed by atoms with E-state index in [9.17, 15) is 31.5 Å². The number of ketones is 2. The van der Waals surface area contributed by atoms with Gasteiger partial charge in [0.2, 0.25) is 5.82 Å². The number of imidazole rings is 2. The molecule has 0 atom stereocenters. The molecule has 1 aliphatic rings. The van der Waals surface area contributed by atoms with Gasteiger partial charge in [0, 0.05) is 23.9 Å². The summed E-state index contributed by atoms with van der Waals surface area (Å²) in [5.41, 5.74) is -0.405. The van der Waals surface area contributed by atoms with Gasteiger partial charge in [0.05, 0.1) is 11.1 Å². The number of carbonyl (C=O) groups excluding carboxylic acids is 2. The Morgan fingerprint density at radius 3 is 1.76 bits per heavy atom. The zero-order valence-corrected chi connectivity index (χ0v) is 21.4. The second-order valence-corrected chi connectivity index (χ2v) is 9.69. The quantitative estimate of drug-likeness (QED) is 0.0778. The lowest BCUT2D eigenvalue weighted by Crippen LogP contribution is -2.07. The van der Waals surface area contributed by atoms with Gasteiger partial charge in [-0.05, 0) is 41.1 Å². The molecule has 206 valence electrons. The fourth-order valence-electron chi connectivity index (χ4n) is 5.24. The third kappa shape index (κ3) is 3.49. The summed E-state index contributed by atoms with van der Waals surface area (Å²) in [6.07, 6.45) is 1.31. The van der Waals surface area contributed by atoms with Crippen molar-refractivity contribution >= 4 is 39.7 Å². The van der Waals surface area contributed by atoms with Gasteiger partial charge >= 0.3 is 0 Å². The Morgan fingerprint density at radius 2 is 1.19 bits per heavy atom. The number of allylic oxidation sites excluding steroid dienone is 1. The third-order valence-electron chi connectivity index (χ3n) is 7.29. The predicted octanol–water partition coefficient (Wildman–Crippen LogP) is 6.74. The first-order chi connectivity index (χ1) is 20.2. The first kappa shape index (κ1) is 25.5. The van der Waals surface area contributed by atoms with Gasteiger partial charge in [-0.1, -0.05) is 42.5 Å². The predicted molar refractivity (Wildman–Crippen MR) is 144 cm³/mol. The van der Waals surface area contributed by atoms with Crippen molar-refractivity contribution < 1.29 is 31.5 Å². The Hall–Kier alpha value is -5.45. The molecule has 0 N–H and O–H groups in total. The largest absolute Gasteiger partial charge is 0.310 e. The molecule has 42 heavy (non-hydrogen) atoms. The molecular formula is C31H15F5N4O2. The van der Waals surface area contributed by atoms with E-state index in [0.29, 0.717) is 5.69 Å². The topological polar surface area (TPSA) is 69.8 Å². The highest BCUT2D eigenvalue weighted by molar-refractivity contribution is 6.42. The minimum atomic E-state index is -2.28. The highest BCUT2D eigenvalue weighted by Crippen LogP contribution is 2.35. The van der Waals surface area contributed by atoms with Crippen LogP contribution < -0.4 is 0 Å². The minimum Gasteiger partial charge on any atom is -0.310 e. The minimum absolute atomic E-state index is 0.00404. The monoisotopic (exact) mass is 570 g/mol. The van der Waals surface area contributed by atoms with Crippen molar-refractivity contribution in [1.29, 1.82) is 0 Å². The lowest BCUT2D eigenvalue weighted by molar-refractivity contribution is 0.0990. The Morgan fingerprint density at radius 1 is 0.667 bits per heavy atom. The summed E-state index contributed by atoms with van der Waals surface area (Å²) < 4.78 is 73.7. The Kier molecular flexibility index (Phi) is 5.49. The molecule has 6 nitrogen and oxygen atoms in total. The summed E-state index contributed by atoms with van der Waals surface area (Å²) in [4.78, 5) is 35.5. The van der Waals surface area contributed by atoms with E-state index in [4.69, 9.17) is 0 Å². The van der Waals surface area contributed by atoms with Crippen LogP contribution in [0.1, 0.15) is 26.5 Å². The van der Waals surface area contributed by atoms with E-state index in [-0.39, 0.29) is 33.8 Å². The maximum atomic E-state index is 14.7. The molecule has 6 aromatic rings. The number of halogens is 5. The van der Waals surface area contributed by atoms with Crippen molar-refractivity contribution in [1.82, 2.24) is 19.1 Å². The summed E-state index contributed by atoms with van der Waals surface area (Å²) in [5, 5.41) is 1.58. The fraction of sp³-hybridized carbons (Fsp3) is 0.0323. The first-order valence-electron chi connectivity index (χ1n) is 12.5. The van der Waals surface area contributed by atoms with Crippen molar-refractivity contribution in [2.75, 3.05) is 0 Å². The Labute approximate surface area is 233 Å². The Balaban J connectivity index is 1.45. The molecule has 2 aromatic heterocycles. The number of hydrogen-bond donors (Lipinski definition) is 0. The van der Waals surface area contributed by atoms with Crippen molar-refractivity contribution in [3.63, 3.8) is 0 Å². The van der Waals surface area contributed by atoms with Crippen LogP contribution in [0.4, 0.5) is 22.0 Å². The molecule has 0 amide bonds. The highest BCUT2D eigenvalue weighted by Gasteiger charge is 2.35. The van der Waals surface area contributed by atoms with E-state index in [0.717, 1.165) is 15.3 Å². The van der Waals surface area contributed by atoms with E-state index >= 15 is 0 Å². The van der Waals surface area contributed by atoms with Crippen molar-refractivity contribution in [2.45, 2.75) is 0 Å². The molecule has 1 aliphatic carbocycles. The SMILES string of the molecule is Cn1c(-c2c(F)c(F)c(F)c(F)c2F)nc2c1nc(C=C1C(=O)c3cc4ccccc4cc3C1=O)n2-c1ccccc1. The molecule has 2 heterocycles. The molecule has 0 spiro atoms. The van der Waals surface area contributed by atoms with Crippen molar-refractivity contribution in [3.8, 4) is 17.1 Å². The molecule has 0 bridgehead atoms. The molecule has 0 unspecified atom stereocenters. The fourth-order valence-corrected chi connectivity index (χ4v) is 5.24. The molecule has 0 fully saturated rings. The zero-order chi connectivity index (χ0) is 29.4. The molecule has 7 rings (SSSR count). The average molecular weight is 570 g/mol. The standard InChI is InChI=1S/C31H15F5N4O2/c1-39-29(21-22(32)24(34)26(36)25(35)23(21)33)38-31-30(39)37-20(40(31)16-9-3-2-4-10-16)13-19-27(41)17-11-14-7-5-6-8-15(14)12-18(17)28(19)42/h2-13H,1H3. The van der Waals surface area contributed by atoms with Crippen LogP contribution in [-0.4, -0.2) is 30.7 Å². The molecule has 4 aromatic carbocycles. The van der Waals surface area contributed by atoms with Crippen LogP contribution in [0.5, 0.6) is 0 Å². The number of para-hydroxylation sites is 1. The lowest BCUT2D eigenvalue weighted by Gasteiger charge is -2.09. The molecule has 0 radical (unpaired) electrons. The Bertz CT molecular complexity index is 2110. The number of carbonyl (C=O) groups is 2. The highest BCUT2D eigenvalue weighted by atomic mass is 19.2. The number of nitrogens with zero attached hydrogens (tertiary/aromatic N) is 4. The van der Waals surface area contributed by atoms with Gasteiger partial charge in [-0.3, -0.25) is 14.2 Å². The summed E-state index contributed by atoms with van der Waals surface area (Å²) in [6.45, 7) is 0. The maximum absolute atomic E-state index is 14.7. The van der Waals surface area contributed by atoms with Crippen LogP contribution in [0.25, 0.3) is 45.2 Å². The van der Waals surface area contributed by atoms with Crippen molar-refractivity contribution in [2.24, 2.45) is 7.05 Å². The van der Waals surface area contributed by atoms with Crippen LogP contribution >= 0.6 is 0 Å². The van der Waals surface area contributed by atoms with E-state index in [1.54, 1.807) is 42.5 Å². The number of Topliss-reactive ketones (excluding diaryl/α,β-unsaturated/α-hetero) is 2. The van der Waals surface area contributed by atoms with E-state index < -0.39 is 52.0 Å². The first-order valence-corrected chi connectivity index (χ1v) is 12.5. The van der Waals surface area contributed by atoms with Gasteiger partial charge < -0.3 is 4.57 Å². The molecule has 0 saturated carbocycles. The summed E-state index contributed by atoms with van der Waals surface area (Å²) in [7, 11) is 1.30. The van der Waals surface area contributed by atoms with E-state index in [1.807, 2.05) is 24.3 Å². The molecule has 11 heteroatoms. The van der Waals surface area contributed by atoms with Crippen LogP contribution in [0.3, 0.4) is 0 Å². The number of benzene rings is 4. The van der Waals surface area contributed by atoms with Gasteiger partial charge in [-0.15, -0.1) is 0 Å². The maximum Gasteiger partial charge on any atom is 0.200 e. The summed E-state index contributed by atoms with van der Waals surface area (Å²) in [5.74, 6) is -12.0. The average Bonchev–Trinajstić information content (AvgIpc) is 3.59. The number of fused-ring (bicyclic) bond motifs is 3. The van der Waals surface area contributed by atoms with Gasteiger partial charge in [0.15, 0.2) is 46.1 Å². The van der Waals surface area contributed by atoms with Crippen LogP contribution in [0.15, 0.2) is 72.3 Å². The van der Waals surface area contributed by atoms with E-state index in [1.165, 1.54) is 17.7 Å². The lowest BCUT2D eigenvalue weighted by atomic mass is 10.0. The van der Waals surface area contributed by atoms with Crippen LogP contribution in [-0.2, 0) is 7.05 Å².